The second kappa shape index (κ2) is 16.9. The molecule has 0 radical (unpaired) electrons. The minimum atomic E-state index is 0.222. The van der Waals surface area contributed by atoms with E-state index in [0.717, 1.165) is 31.7 Å². The molecule has 2 unspecified atom stereocenters. The molecule has 0 aliphatic carbocycles. The average Bonchev–Trinajstić information content (AvgIpc) is 3.56. The monoisotopic (exact) mass is 587 g/mol. The third-order valence-electron chi connectivity index (χ3n) is 6.63. The van der Waals surface area contributed by atoms with Gasteiger partial charge in [0.15, 0.2) is 0 Å². The summed E-state index contributed by atoms with van der Waals surface area (Å²) < 4.78 is 0. The van der Waals surface area contributed by atoms with Crippen molar-refractivity contribution in [3.8, 4) is 0 Å². The van der Waals surface area contributed by atoms with Gasteiger partial charge in [-0.2, -0.15) is 0 Å². The highest BCUT2D eigenvalue weighted by atomic mass is 32.1. The van der Waals surface area contributed by atoms with Gasteiger partial charge in [-0.1, -0.05) is 89.2 Å². The van der Waals surface area contributed by atoms with Crippen LogP contribution in [0, 0.1) is 21.7 Å². The number of aromatic nitrogens is 1. The highest BCUT2D eigenvalue weighted by Gasteiger charge is 2.25. The number of aromatic amines is 1. The second-order valence-corrected chi connectivity index (χ2v) is 17.9. The third kappa shape index (κ3) is 21.7. The van der Waals surface area contributed by atoms with Gasteiger partial charge in [0, 0.05) is 35.3 Å². The molecule has 4 rings (SSSR count). The Morgan fingerprint density at radius 2 is 1.37 bits per heavy atom. The summed E-state index contributed by atoms with van der Waals surface area (Å²) in [4.78, 5) is 15.5. The molecule has 1 amide bonds. The summed E-state index contributed by atoms with van der Waals surface area (Å²) >= 11 is 1.85. The zero-order chi connectivity index (χ0) is 31.3. The SMILES string of the molecule is CC(C)(C)CC1CCC(=O)N1.CC(C)(C)CC1CCCN1.CC(C)(C)Cc1ccc[nH]1.CC(C)(C)Cc1cccs1. The maximum absolute atomic E-state index is 10.8. The Kier molecular flexibility index (Phi) is 15.4. The van der Waals surface area contributed by atoms with Crippen molar-refractivity contribution in [2.75, 3.05) is 6.54 Å². The lowest BCUT2D eigenvalue weighted by Gasteiger charge is -2.22. The van der Waals surface area contributed by atoms with Gasteiger partial charge in [-0.3, -0.25) is 4.79 Å². The summed E-state index contributed by atoms with van der Waals surface area (Å²) in [5.41, 5.74) is 2.99. The minimum Gasteiger partial charge on any atom is -0.365 e. The molecule has 0 spiro atoms. The van der Waals surface area contributed by atoms with E-state index in [9.17, 15) is 4.79 Å². The first-order chi connectivity index (χ1) is 18.7. The lowest BCUT2D eigenvalue weighted by Crippen LogP contribution is -2.29. The summed E-state index contributed by atoms with van der Waals surface area (Å²) in [7, 11) is 0. The number of amides is 1. The quantitative estimate of drug-likeness (QED) is 0.333. The van der Waals surface area contributed by atoms with Gasteiger partial charge in [0.1, 0.15) is 0 Å². The van der Waals surface area contributed by atoms with Crippen LogP contribution < -0.4 is 10.6 Å². The first-order valence-electron chi connectivity index (χ1n) is 15.9. The fraction of sp³-hybridized carbons (Fsp3) is 0.750. The molecule has 3 N–H and O–H groups in total. The molecule has 2 atom stereocenters. The van der Waals surface area contributed by atoms with E-state index in [1.165, 1.54) is 42.8 Å². The Labute approximate surface area is 258 Å². The molecular weight excluding hydrogens is 522 g/mol. The predicted molar refractivity (Wildman–Crippen MR) is 182 cm³/mol. The van der Waals surface area contributed by atoms with Gasteiger partial charge in [-0.25, -0.2) is 0 Å². The van der Waals surface area contributed by atoms with Gasteiger partial charge in [-0.15, -0.1) is 11.3 Å². The number of carbonyl (C=O) groups is 1. The average molecular weight is 588 g/mol. The zero-order valence-corrected chi connectivity index (χ0v) is 29.6. The van der Waals surface area contributed by atoms with Gasteiger partial charge in [0.2, 0.25) is 5.91 Å². The van der Waals surface area contributed by atoms with Gasteiger partial charge >= 0.3 is 0 Å². The van der Waals surface area contributed by atoms with Gasteiger partial charge in [-0.05, 0) is 96.7 Å². The number of carbonyl (C=O) groups excluding carboxylic acids is 1. The number of H-pyrrole nitrogens is 1. The van der Waals surface area contributed by atoms with Crippen molar-refractivity contribution < 1.29 is 4.79 Å². The first-order valence-corrected chi connectivity index (χ1v) is 16.8. The largest absolute Gasteiger partial charge is 0.365 e. The molecule has 0 saturated carbocycles. The molecule has 0 aromatic carbocycles. The Morgan fingerprint density at radius 1 is 0.756 bits per heavy atom. The Bertz CT molecular complexity index is 883. The van der Waals surface area contributed by atoms with Gasteiger partial charge < -0.3 is 15.6 Å². The van der Waals surface area contributed by atoms with Crippen LogP contribution in [0.2, 0.25) is 0 Å². The van der Waals surface area contributed by atoms with E-state index in [2.05, 4.69) is 122 Å². The lowest BCUT2D eigenvalue weighted by molar-refractivity contribution is -0.119. The molecule has 0 bridgehead atoms. The van der Waals surface area contributed by atoms with Crippen molar-refractivity contribution in [3.63, 3.8) is 0 Å². The van der Waals surface area contributed by atoms with Crippen LogP contribution in [0.15, 0.2) is 35.8 Å². The molecule has 4 heterocycles. The molecule has 2 fully saturated rings. The van der Waals surface area contributed by atoms with Crippen molar-refractivity contribution in [2.24, 2.45) is 21.7 Å². The summed E-state index contributed by atoms with van der Waals surface area (Å²) in [6, 6.07) is 9.73. The van der Waals surface area contributed by atoms with Crippen LogP contribution in [0.3, 0.4) is 0 Å². The zero-order valence-electron chi connectivity index (χ0n) is 28.8. The number of hydrogen-bond acceptors (Lipinski definition) is 3. The standard InChI is InChI=1S/C9H17NO.C9H19N.C9H15N.C9H14S/c1-9(2,3)6-7-4-5-8(11)10-7;3*1-9(2,3)7-8-5-4-6-10-8/h7H,4-6H2,1-3H3,(H,10,11);8,10H,4-7H2,1-3H3;4-6,10H,7H2,1-3H3;4-6H,7H2,1-3H3. The van der Waals surface area contributed by atoms with Crippen LogP contribution >= 0.6 is 11.3 Å². The molecule has 2 aromatic rings. The maximum Gasteiger partial charge on any atom is 0.220 e. The van der Waals surface area contributed by atoms with E-state index in [4.69, 9.17) is 0 Å². The fourth-order valence-electron chi connectivity index (χ4n) is 5.22. The molecule has 236 valence electrons. The van der Waals surface area contributed by atoms with E-state index < -0.39 is 0 Å². The minimum absolute atomic E-state index is 0.222. The van der Waals surface area contributed by atoms with Crippen molar-refractivity contribution in [1.82, 2.24) is 15.6 Å². The van der Waals surface area contributed by atoms with Crippen LogP contribution in [0.25, 0.3) is 0 Å². The summed E-state index contributed by atoms with van der Waals surface area (Å²) in [6.45, 7) is 28.3. The van der Waals surface area contributed by atoms with Crippen molar-refractivity contribution in [2.45, 2.75) is 147 Å². The number of nitrogens with one attached hydrogen (secondary N) is 3. The summed E-state index contributed by atoms with van der Waals surface area (Å²) in [5.74, 6) is 0.222. The summed E-state index contributed by atoms with van der Waals surface area (Å²) in [5, 5.41) is 8.62. The topological polar surface area (TPSA) is 56.9 Å². The van der Waals surface area contributed by atoms with E-state index in [-0.39, 0.29) is 5.91 Å². The fourth-order valence-corrected chi connectivity index (χ4v) is 6.23. The molecule has 2 aliphatic rings. The van der Waals surface area contributed by atoms with Crippen molar-refractivity contribution >= 4 is 17.2 Å². The number of thiophene rings is 1. The van der Waals surface area contributed by atoms with Crippen LogP contribution in [0.5, 0.6) is 0 Å². The molecular formula is C36H65N3OS. The van der Waals surface area contributed by atoms with Crippen molar-refractivity contribution in [3.05, 3.63) is 46.4 Å². The second-order valence-electron chi connectivity index (χ2n) is 16.9. The van der Waals surface area contributed by atoms with Crippen molar-refractivity contribution in [1.29, 1.82) is 0 Å². The maximum atomic E-state index is 10.8. The normalized spacial score (nSPS) is 19.3. The van der Waals surface area contributed by atoms with E-state index in [1.807, 2.05) is 23.6 Å². The van der Waals surface area contributed by atoms with E-state index in [1.54, 1.807) is 0 Å². The van der Waals surface area contributed by atoms with Crippen LogP contribution in [-0.4, -0.2) is 29.5 Å². The van der Waals surface area contributed by atoms with Gasteiger partial charge in [0.05, 0.1) is 0 Å². The third-order valence-corrected chi connectivity index (χ3v) is 7.51. The van der Waals surface area contributed by atoms with Crippen LogP contribution in [-0.2, 0) is 17.6 Å². The molecule has 2 aliphatic heterocycles. The Morgan fingerprint density at radius 3 is 1.76 bits per heavy atom. The van der Waals surface area contributed by atoms with Crippen LogP contribution in [0.4, 0.5) is 0 Å². The smallest absolute Gasteiger partial charge is 0.220 e. The molecule has 2 aromatic heterocycles. The highest BCUT2D eigenvalue weighted by molar-refractivity contribution is 7.09. The molecule has 41 heavy (non-hydrogen) atoms. The predicted octanol–water partition coefficient (Wildman–Crippen LogP) is 9.82. The van der Waals surface area contributed by atoms with Gasteiger partial charge in [0.25, 0.3) is 0 Å². The molecule has 5 heteroatoms. The Balaban J connectivity index is 0.000000274. The Hall–Kier alpha value is -1.59. The number of hydrogen-bond donors (Lipinski definition) is 3. The number of rotatable bonds is 4. The van der Waals surface area contributed by atoms with E-state index >= 15 is 0 Å². The molecule has 2 saturated heterocycles. The van der Waals surface area contributed by atoms with Crippen LogP contribution in [0.1, 0.15) is 132 Å². The first kappa shape index (κ1) is 37.4. The molecule has 4 nitrogen and oxygen atoms in total. The lowest BCUT2D eigenvalue weighted by atomic mass is 9.88. The highest BCUT2D eigenvalue weighted by Crippen LogP contribution is 2.26. The van der Waals surface area contributed by atoms with E-state index in [0.29, 0.717) is 27.7 Å². The summed E-state index contributed by atoms with van der Waals surface area (Å²) in [6.07, 6.45) is 11.2.